The molecule has 1 rings (SSSR count). The molecule has 0 spiro atoms. The molecule has 0 aliphatic carbocycles. The Hall–Kier alpha value is -1.67. The molecule has 0 saturated heterocycles. The summed E-state index contributed by atoms with van der Waals surface area (Å²) < 4.78 is 25.8. The number of hydrogen-bond acceptors (Lipinski definition) is 4. The van der Waals surface area contributed by atoms with Crippen molar-refractivity contribution in [2.24, 2.45) is 0 Å². The minimum Gasteiger partial charge on any atom is -0.476 e. The predicted molar refractivity (Wildman–Crippen MR) is 64.9 cm³/mol. The molecule has 0 aliphatic rings. The van der Waals surface area contributed by atoms with E-state index in [4.69, 9.17) is 5.11 Å². The molecule has 0 aliphatic heterocycles. The molecule has 0 atom stereocenters. The lowest BCUT2D eigenvalue weighted by atomic mass is 10.4. The maximum atomic E-state index is 12.3. The highest BCUT2D eigenvalue weighted by molar-refractivity contribution is 7.89. The van der Waals surface area contributed by atoms with Gasteiger partial charge in [-0.2, -0.15) is 9.40 Å². The predicted octanol–water partition coefficient (Wildman–Crippen LogP) is 0.613. The van der Waals surface area contributed by atoms with E-state index in [0.29, 0.717) is 0 Å². The summed E-state index contributed by atoms with van der Waals surface area (Å²) in [4.78, 5) is 10.7. The van der Waals surface area contributed by atoms with E-state index in [0.717, 1.165) is 4.31 Å². The third-order valence-corrected chi connectivity index (χ3v) is 4.48. The van der Waals surface area contributed by atoms with Crippen molar-refractivity contribution < 1.29 is 18.3 Å². The van der Waals surface area contributed by atoms with Crippen LogP contribution >= 0.6 is 0 Å². The van der Waals surface area contributed by atoms with Crippen LogP contribution in [0.4, 0.5) is 0 Å². The SMILES string of the molecule is C=CCN(CC)S(=O)(=O)c1c(C(=O)O)n[nH]c1C. The van der Waals surface area contributed by atoms with Gasteiger partial charge in [-0.15, -0.1) is 6.58 Å². The van der Waals surface area contributed by atoms with E-state index in [1.54, 1.807) is 6.92 Å². The van der Waals surface area contributed by atoms with Crippen LogP contribution in [-0.4, -0.2) is 47.1 Å². The first-order valence-corrected chi connectivity index (χ1v) is 6.69. The minimum atomic E-state index is -3.89. The average molecular weight is 273 g/mol. The van der Waals surface area contributed by atoms with Gasteiger partial charge in [0.15, 0.2) is 5.69 Å². The number of aromatic nitrogens is 2. The van der Waals surface area contributed by atoms with Crippen molar-refractivity contribution in [3.05, 3.63) is 24.0 Å². The van der Waals surface area contributed by atoms with E-state index >= 15 is 0 Å². The van der Waals surface area contributed by atoms with Crippen molar-refractivity contribution in [3.63, 3.8) is 0 Å². The monoisotopic (exact) mass is 273 g/mol. The standard InChI is InChI=1S/C10H15N3O4S/c1-4-6-13(5-2)18(16,17)9-7(3)11-12-8(9)10(14)15/h4H,1,5-6H2,2-3H3,(H,11,12)(H,14,15). The Labute approximate surface area is 105 Å². The van der Waals surface area contributed by atoms with Crippen LogP contribution in [0.5, 0.6) is 0 Å². The zero-order valence-electron chi connectivity index (χ0n) is 10.2. The molecule has 18 heavy (non-hydrogen) atoms. The highest BCUT2D eigenvalue weighted by Crippen LogP contribution is 2.22. The van der Waals surface area contributed by atoms with Crippen molar-refractivity contribution in [2.75, 3.05) is 13.1 Å². The summed E-state index contributed by atoms with van der Waals surface area (Å²) in [5, 5.41) is 14.8. The first-order valence-electron chi connectivity index (χ1n) is 5.25. The zero-order chi connectivity index (χ0) is 13.9. The van der Waals surface area contributed by atoms with Crippen molar-refractivity contribution in [1.29, 1.82) is 0 Å². The van der Waals surface area contributed by atoms with Crippen LogP contribution in [0, 0.1) is 6.92 Å². The normalized spacial score (nSPS) is 11.7. The van der Waals surface area contributed by atoms with Crippen molar-refractivity contribution in [2.45, 2.75) is 18.7 Å². The van der Waals surface area contributed by atoms with Crippen LogP contribution in [0.2, 0.25) is 0 Å². The van der Waals surface area contributed by atoms with Crippen molar-refractivity contribution >= 4 is 16.0 Å². The van der Waals surface area contributed by atoms with Crippen LogP contribution in [0.15, 0.2) is 17.6 Å². The summed E-state index contributed by atoms with van der Waals surface area (Å²) in [7, 11) is -3.89. The van der Waals surface area contributed by atoms with Gasteiger partial charge in [-0.1, -0.05) is 13.0 Å². The number of carbonyl (C=O) groups is 1. The summed E-state index contributed by atoms with van der Waals surface area (Å²) in [6.45, 7) is 6.94. The van der Waals surface area contributed by atoms with Gasteiger partial charge >= 0.3 is 5.97 Å². The van der Waals surface area contributed by atoms with Gasteiger partial charge in [0.25, 0.3) is 0 Å². The number of sulfonamides is 1. The summed E-state index contributed by atoms with van der Waals surface area (Å²) in [6, 6.07) is 0. The second kappa shape index (κ2) is 5.32. The molecular formula is C10H15N3O4S. The quantitative estimate of drug-likeness (QED) is 0.739. The number of hydrogen-bond donors (Lipinski definition) is 2. The average Bonchev–Trinajstić information content (AvgIpc) is 2.68. The topological polar surface area (TPSA) is 103 Å². The second-order valence-corrected chi connectivity index (χ2v) is 5.45. The lowest BCUT2D eigenvalue weighted by Crippen LogP contribution is -2.32. The van der Waals surface area contributed by atoms with E-state index in [2.05, 4.69) is 16.8 Å². The molecule has 2 N–H and O–H groups in total. The first-order chi connectivity index (χ1) is 8.36. The van der Waals surface area contributed by atoms with Crippen LogP contribution in [0.25, 0.3) is 0 Å². The number of H-pyrrole nitrogens is 1. The summed E-state index contributed by atoms with van der Waals surface area (Å²) in [5.41, 5.74) is -0.287. The minimum absolute atomic E-state index is 0.114. The number of nitrogens with one attached hydrogen (secondary N) is 1. The first kappa shape index (κ1) is 14.4. The third kappa shape index (κ3) is 2.44. The Morgan fingerprint density at radius 2 is 2.22 bits per heavy atom. The molecule has 0 saturated carbocycles. The van der Waals surface area contributed by atoms with E-state index in [9.17, 15) is 13.2 Å². The van der Waals surface area contributed by atoms with Crippen LogP contribution < -0.4 is 0 Å². The van der Waals surface area contributed by atoms with Crippen molar-refractivity contribution in [3.8, 4) is 0 Å². The summed E-state index contributed by atoms with van der Waals surface area (Å²) >= 11 is 0. The second-order valence-electron chi connectivity index (χ2n) is 3.58. The fourth-order valence-electron chi connectivity index (χ4n) is 1.55. The molecule has 1 heterocycles. The molecule has 0 radical (unpaired) electrons. The number of carboxylic acid groups (broad SMARTS) is 1. The maximum Gasteiger partial charge on any atom is 0.357 e. The van der Waals surface area contributed by atoms with Gasteiger partial charge in [0.1, 0.15) is 4.90 Å². The van der Waals surface area contributed by atoms with E-state index in [1.165, 1.54) is 13.0 Å². The molecule has 7 nitrogen and oxygen atoms in total. The van der Waals surface area contributed by atoms with Crippen LogP contribution in [-0.2, 0) is 10.0 Å². The molecule has 0 bridgehead atoms. The van der Waals surface area contributed by atoms with Crippen molar-refractivity contribution in [1.82, 2.24) is 14.5 Å². The number of aromatic carboxylic acids is 1. The number of likely N-dealkylation sites (N-methyl/N-ethyl adjacent to an activating group) is 1. The Morgan fingerprint density at radius 1 is 1.61 bits per heavy atom. The highest BCUT2D eigenvalue weighted by atomic mass is 32.2. The molecule has 0 aromatic carbocycles. The van der Waals surface area contributed by atoms with Gasteiger partial charge < -0.3 is 5.11 Å². The molecule has 0 fully saturated rings. The van der Waals surface area contributed by atoms with E-state index < -0.39 is 21.7 Å². The molecule has 1 aromatic rings. The smallest absolute Gasteiger partial charge is 0.357 e. The third-order valence-electron chi connectivity index (χ3n) is 2.38. The lowest BCUT2D eigenvalue weighted by molar-refractivity contribution is 0.0686. The molecular weight excluding hydrogens is 258 g/mol. The van der Waals surface area contributed by atoms with Gasteiger partial charge in [-0.05, 0) is 6.92 Å². The highest BCUT2D eigenvalue weighted by Gasteiger charge is 2.32. The Balaban J connectivity index is 3.40. The molecule has 0 amide bonds. The Morgan fingerprint density at radius 3 is 2.67 bits per heavy atom. The van der Waals surface area contributed by atoms with Crippen LogP contribution in [0.1, 0.15) is 23.1 Å². The zero-order valence-corrected chi connectivity index (χ0v) is 11.0. The van der Waals surface area contributed by atoms with Gasteiger partial charge in [-0.25, -0.2) is 13.2 Å². The van der Waals surface area contributed by atoms with Crippen LogP contribution in [0.3, 0.4) is 0 Å². The Kier molecular flexibility index (Phi) is 4.25. The molecule has 1 aromatic heterocycles. The number of aromatic amines is 1. The number of carboxylic acids is 1. The molecule has 100 valence electrons. The van der Waals surface area contributed by atoms with Gasteiger partial charge in [0, 0.05) is 13.1 Å². The Bertz CT molecular complexity index is 562. The largest absolute Gasteiger partial charge is 0.476 e. The number of aryl methyl sites for hydroxylation is 1. The van der Waals surface area contributed by atoms with Gasteiger partial charge in [0.2, 0.25) is 10.0 Å². The summed E-state index contributed by atoms with van der Waals surface area (Å²) in [6.07, 6.45) is 1.44. The van der Waals surface area contributed by atoms with Gasteiger partial charge in [-0.3, -0.25) is 5.10 Å². The van der Waals surface area contributed by atoms with E-state index in [1.807, 2.05) is 0 Å². The van der Waals surface area contributed by atoms with E-state index in [-0.39, 0.29) is 23.7 Å². The number of nitrogens with zero attached hydrogens (tertiary/aromatic N) is 2. The molecule has 8 heteroatoms. The fraction of sp³-hybridized carbons (Fsp3) is 0.400. The lowest BCUT2D eigenvalue weighted by Gasteiger charge is -2.18. The maximum absolute atomic E-state index is 12.3. The summed E-state index contributed by atoms with van der Waals surface area (Å²) in [5.74, 6) is -1.38. The van der Waals surface area contributed by atoms with Gasteiger partial charge in [0.05, 0.1) is 5.69 Å². The molecule has 0 unspecified atom stereocenters. The number of rotatable bonds is 6. The fourth-order valence-corrected chi connectivity index (χ4v) is 3.26.